The summed E-state index contributed by atoms with van der Waals surface area (Å²) in [6.45, 7) is 0. The summed E-state index contributed by atoms with van der Waals surface area (Å²) < 4.78 is 5.30. The van der Waals surface area contributed by atoms with Gasteiger partial charge >= 0.3 is 17.7 Å². The van der Waals surface area contributed by atoms with Crippen LogP contribution in [-0.2, 0) is 0 Å². The van der Waals surface area contributed by atoms with Crippen LogP contribution in [0.25, 0.3) is 0 Å². The minimum atomic E-state index is -0.899. The molecule has 0 bridgehead atoms. The van der Waals surface area contributed by atoms with Crippen molar-refractivity contribution >= 4 is 46.5 Å². The second-order valence-corrected chi connectivity index (χ2v) is 6.46. The Balaban J connectivity index is 1.73. The number of benzene rings is 2. The lowest BCUT2D eigenvalue weighted by Crippen LogP contribution is -2.34. The number of nitro benzene ring substituents is 1. The molecule has 2 aromatic carbocycles. The highest BCUT2D eigenvalue weighted by molar-refractivity contribution is 6.34. The molecule has 2 N–H and O–H groups in total. The molecule has 0 fully saturated rings. The Morgan fingerprint density at radius 1 is 1.07 bits per heavy atom. The second-order valence-electron chi connectivity index (χ2n) is 5.61. The Morgan fingerprint density at radius 3 is 2.43 bits per heavy atom. The van der Waals surface area contributed by atoms with Gasteiger partial charge in [-0.3, -0.25) is 20.2 Å². The topological polar surface area (TPSA) is 136 Å². The molecule has 0 saturated carbocycles. The van der Waals surface area contributed by atoms with Crippen LogP contribution < -0.4 is 15.4 Å². The first kappa shape index (κ1) is 21.0. The Bertz CT molecular complexity index is 1120. The highest BCUT2D eigenvalue weighted by Crippen LogP contribution is 2.32. The molecule has 3 amide bonds. The van der Waals surface area contributed by atoms with Crippen LogP contribution >= 0.6 is 23.2 Å². The van der Waals surface area contributed by atoms with Gasteiger partial charge in [-0.05, 0) is 24.3 Å². The largest absolute Gasteiger partial charge is 0.417 e. The molecule has 1 heterocycles. The van der Waals surface area contributed by atoms with E-state index in [1.165, 1.54) is 36.7 Å². The predicted molar refractivity (Wildman–Crippen MR) is 108 cm³/mol. The van der Waals surface area contributed by atoms with E-state index >= 15 is 0 Å². The van der Waals surface area contributed by atoms with Gasteiger partial charge in [0.15, 0.2) is 0 Å². The molecule has 3 rings (SSSR count). The predicted octanol–water partition coefficient (Wildman–Crippen LogP) is 4.45. The number of rotatable bonds is 5. The summed E-state index contributed by atoms with van der Waals surface area (Å²) in [5.74, 6) is -0.882. The van der Waals surface area contributed by atoms with Gasteiger partial charge < -0.3 is 10.1 Å². The summed E-state index contributed by atoms with van der Waals surface area (Å²) in [6, 6.07) is 8.78. The fraction of sp³-hybridized carbons (Fsp3) is 0. The zero-order chi connectivity index (χ0) is 21.7. The van der Waals surface area contributed by atoms with Crippen molar-refractivity contribution < 1.29 is 19.2 Å². The van der Waals surface area contributed by atoms with Gasteiger partial charge in [-0.2, -0.15) is 0 Å². The number of nitrogens with zero attached hydrogens (tertiary/aromatic N) is 3. The molecular weight excluding hydrogens is 437 g/mol. The van der Waals surface area contributed by atoms with Crippen molar-refractivity contribution in [1.29, 1.82) is 0 Å². The average Bonchev–Trinajstić information content (AvgIpc) is 2.70. The monoisotopic (exact) mass is 447 g/mol. The number of carbonyl (C=O) groups is 2. The van der Waals surface area contributed by atoms with Gasteiger partial charge in [0.05, 0.1) is 32.9 Å². The Hall–Kier alpha value is -3.76. The number of ether oxygens (including phenoxy) is 1. The van der Waals surface area contributed by atoms with Gasteiger partial charge in [-0.15, -0.1) is 0 Å². The van der Waals surface area contributed by atoms with Crippen molar-refractivity contribution in [3.05, 3.63) is 80.6 Å². The molecule has 0 aliphatic rings. The van der Waals surface area contributed by atoms with Crippen molar-refractivity contribution in [3.8, 4) is 11.8 Å². The minimum absolute atomic E-state index is 0.0514. The number of hydrogen-bond donors (Lipinski definition) is 2. The average molecular weight is 448 g/mol. The maximum absolute atomic E-state index is 12.1. The van der Waals surface area contributed by atoms with Crippen LogP contribution in [-0.4, -0.2) is 26.8 Å². The zero-order valence-corrected chi connectivity index (χ0v) is 16.3. The maximum Gasteiger partial charge on any atom is 0.326 e. The Labute approximate surface area is 179 Å². The summed E-state index contributed by atoms with van der Waals surface area (Å²) in [7, 11) is 0. The van der Waals surface area contributed by atoms with Crippen molar-refractivity contribution in [2.45, 2.75) is 0 Å². The molecule has 0 spiro atoms. The van der Waals surface area contributed by atoms with E-state index in [1.54, 1.807) is 12.1 Å². The normalized spacial score (nSPS) is 10.2. The van der Waals surface area contributed by atoms with E-state index in [9.17, 15) is 19.7 Å². The molecule has 152 valence electrons. The van der Waals surface area contributed by atoms with E-state index < -0.39 is 22.5 Å². The summed E-state index contributed by atoms with van der Waals surface area (Å²) >= 11 is 11.6. The standard InChI is InChI=1S/C18H11Cl2N5O5/c19-10-8-21-18(22-9-10)30-15-6-5-11(7-14(15)25(28)29)23-17(27)24-16(26)12-3-1-2-4-13(12)20/h1-9H,(H2,23,24,26,27). The zero-order valence-electron chi connectivity index (χ0n) is 14.8. The van der Waals surface area contributed by atoms with Crippen LogP contribution in [0, 0.1) is 10.1 Å². The van der Waals surface area contributed by atoms with Crippen LogP contribution in [0.4, 0.5) is 16.2 Å². The molecular formula is C18H11Cl2N5O5. The molecule has 0 aliphatic heterocycles. The highest BCUT2D eigenvalue weighted by atomic mass is 35.5. The molecule has 0 saturated heterocycles. The fourth-order valence-corrected chi connectivity index (χ4v) is 2.57. The molecule has 10 nitrogen and oxygen atoms in total. The van der Waals surface area contributed by atoms with E-state index in [-0.39, 0.29) is 33.1 Å². The second kappa shape index (κ2) is 9.16. The van der Waals surface area contributed by atoms with Crippen LogP contribution in [0.2, 0.25) is 10.0 Å². The summed E-state index contributed by atoms with van der Waals surface area (Å²) in [5.41, 5.74) is -0.300. The molecule has 0 atom stereocenters. The number of amides is 3. The Kier molecular flexibility index (Phi) is 6.40. The van der Waals surface area contributed by atoms with E-state index in [0.29, 0.717) is 0 Å². The highest BCUT2D eigenvalue weighted by Gasteiger charge is 2.19. The van der Waals surface area contributed by atoms with Gasteiger partial charge in [0.25, 0.3) is 5.91 Å². The lowest BCUT2D eigenvalue weighted by atomic mass is 10.2. The molecule has 12 heteroatoms. The number of carbonyl (C=O) groups excluding carboxylic acids is 2. The van der Waals surface area contributed by atoms with E-state index in [1.807, 2.05) is 0 Å². The van der Waals surface area contributed by atoms with Gasteiger partial charge in [0.2, 0.25) is 5.75 Å². The third kappa shape index (κ3) is 5.19. The fourth-order valence-electron chi connectivity index (χ4n) is 2.25. The van der Waals surface area contributed by atoms with Crippen LogP contribution in [0.15, 0.2) is 54.9 Å². The summed E-state index contributed by atoms with van der Waals surface area (Å²) in [6.07, 6.45) is 2.54. The van der Waals surface area contributed by atoms with Crippen LogP contribution in [0.5, 0.6) is 11.8 Å². The van der Waals surface area contributed by atoms with Crippen molar-refractivity contribution in [3.63, 3.8) is 0 Å². The van der Waals surface area contributed by atoms with E-state index in [4.69, 9.17) is 27.9 Å². The van der Waals surface area contributed by atoms with Gasteiger partial charge in [-0.25, -0.2) is 14.8 Å². The van der Waals surface area contributed by atoms with Crippen molar-refractivity contribution in [2.24, 2.45) is 0 Å². The number of imide groups is 1. The third-order valence-electron chi connectivity index (χ3n) is 3.56. The first-order valence-electron chi connectivity index (χ1n) is 8.14. The van der Waals surface area contributed by atoms with E-state index in [2.05, 4.69) is 20.6 Å². The number of hydrogen-bond acceptors (Lipinski definition) is 7. The lowest BCUT2D eigenvalue weighted by Gasteiger charge is -2.09. The van der Waals surface area contributed by atoms with Crippen LogP contribution in [0.1, 0.15) is 10.4 Å². The van der Waals surface area contributed by atoms with Gasteiger partial charge in [0, 0.05) is 11.8 Å². The maximum atomic E-state index is 12.1. The van der Waals surface area contributed by atoms with Gasteiger partial charge in [-0.1, -0.05) is 35.3 Å². The third-order valence-corrected chi connectivity index (χ3v) is 4.08. The molecule has 0 unspecified atom stereocenters. The number of aromatic nitrogens is 2. The number of urea groups is 1. The molecule has 3 aromatic rings. The summed E-state index contributed by atoms with van der Waals surface area (Å²) in [4.78, 5) is 42.5. The van der Waals surface area contributed by atoms with Crippen LogP contribution in [0.3, 0.4) is 0 Å². The SMILES string of the molecule is O=C(NC(=O)c1ccccc1Cl)Nc1ccc(Oc2ncc(Cl)cn2)c([N+](=O)[O-])c1. The first-order chi connectivity index (χ1) is 14.3. The minimum Gasteiger partial charge on any atom is -0.417 e. The number of anilines is 1. The molecule has 30 heavy (non-hydrogen) atoms. The smallest absolute Gasteiger partial charge is 0.326 e. The first-order valence-corrected chi connectivity index (χ1v) is 8.90. The number of nitrogens with one attached hydrogen (secondary N) is 2. The summed E-state index contributed by atoms with van der Waals surface area (Å²) in [5, 5.41) is 16.2. The number of halogens is 2. The Morgan fingerprint density at radius 2 is 1.77 bits per heavy atom. The van der Waals surface area contributed by atoms with E-state index in [0.717, 1.165) is 6.07 Å². The quantitative estimate of drug-likeness (QED) is 0.435. The van der Waals surface area contributed by atoms with Crippen molar-refractivity contribution in [2.75, 3.05) is 5.32 Å². The molecule has 1 aromatic heterocycles. The number of nitro groups is 1. The lowest BCUT2D eigenvalue weighted by molar-refractivity contribution is -0.385. The van der Waals surface area contributed by atoms with Crippen molar-refractivity contribution in [1.82, 2.24) is 15.3 Å². The van der Waals surface area contributed by atoms with Gasteiger partial charge in [0.1, 0.15) is 0 Å². The molecule has 0 radical (unpaired) electrons. The molecule has 0 aliphatic carbocycles.